The van der Waals surface area contributed by atoms with Gasteiger partial charge in [0.25, 0.3) is 0 Å². The van der Waals surface area contributed by atoms with Gasteiger partial charge in [-0.2, -0.15) is 0 Å². The topological polar surface area (TPSA) is 26.3 Å². The minimum atomic E-state index is -1.32. The Hall–Kier alpha value is -1.09. The van der Waals surface area contributed by atoms with Gasteiger partial charge < -0.3 is 4.74 Å². The third-order valence-electron chi connectivity index (χ3n) is 3.27. The van der Waals surface area contributed by atoms with Crippen LogP contribution >= 0.6 is 0 Å². The van der Waals surface area contributed by atoms with E-state index in [-0.39, 0.29) is 12.1 Å². The fraction of sp³-hybridized carbons (Fsp3) is 0.500. The van der Waals surface area contributed by atoms with Crippen LogP contribution in [0.2, 0.25) is 19.1 Å². The molecular formula is C14H20O2Si. The number of carbonyl (C=O) groups is 1. The summed E-state index contributed by atoms with van der Waals surface area (Å²) in [5.74, 6) is -0.0143. The second-order valence-electron chi connectivity index (χ2n) is 5.68. The minimum absolute atomic E-state index is 0.0143. The van der Waals surface area contributed by atoms with Crippen LogP contribution < -0.4 is 0 Å². The van der Waals surface area contributed by atoms with Crippen LogP contribution in [0.3, 0.4) is 0 Å². The van der Waals surface area contributed by atoms with E-state index in [9.17, 15) is 4.79 Å². The van der Waals surface area contributed by atoms with Crippen LogP contribution in [0.4, 0.5) is 0 Å². The summed E-state index contributed by atoms with van der Waals surface area (Å²) in [6, 6.07) is 12.9. The van der Waals surface area contributed by atoms with E-state index in [1.807, 2.05) is 0 Å². The van der Waals surface area contributed by atoms with Crippen LogP contribution in [-0.2, 0) is 15.6 Å². The highest BCUT2D eigenvalue weighted by Crippen LogP contribution is 2.25. The molecule has 1 unspecified atom stereocenters. The molecule has 0 saturated carbocycles. The first-order valence-electron chi connectivity index (χ1n) is 6.29. The third kappa shape index (κ3) is 3.70. The molecule has 0 radical (unpaired) electrons. The Bertz CT molecular complexity index is 386. The lowest BCUT2D eigenvalue weighted by Crippen LogP contribution is -2.33. The van der Waals surface area contributed by atoms with Crippen LogP contribution in [0.25, 0.3) is 0 Å². The molecule has 1 aromatic carbocycles. The van der Waals surface area contributed by atoms with E-state index in [1.165, 1.54) is 11.6 Å². The van der Waals surface area contributed by atoms with E-state index in [0.29, 0.717) is 6.42 Å². The third-order valence-corrected chi connectivity index (χ3v) is 6.20. The Labute approximate surface area is 104 Å². The molecule has 1 heterocycles. The zero-order valence-corrected chi connectivity index (χ0v) is 11.6. The maximum absolute atomic E-state index is 11.1. The monoisotopic (exact) mass is 248 g/mol. The van der Waals surface area contributed by atoms with Gasteiger partial charge in [-0.05, 0) is 18.5 Å². The molecule has 1 aliphatic heterocycles. The van der Waals surface area contributed by atoms with Crippen molar-refractivity contribution in [1.29, 1.82) is 0 Å². The van der Waals surface area contributed by atoms with Crippen molar-refractivity contribution >= 4 is 14.0 Å². The van der Waals surface area contributed by atoms with Gasteiger partial charge in [-0.15, -0.1) is 0 Å². The van der Waals surface area contributed by atoms with Crippen LogP contribution in [-0.4, -0.2) is 20.1 Å². The first-order valence-corrected chi connectivity index (χ1v) is 9.70. The van der Waals surface area contributed by atoms with Gasteiger partial charge >= 0.3 is 5.97 Å². The molecule has 1 atom stereocenters. The van der Waals surface area contributed by atoms with Gasteiger partial charge in [0.15, 0.2) is 0 Å². The summed E-state index contributed by atoms with van der Waals surface area (Å²) < 4.78 is 5.33. The largest absolute Gasteiger partial charge is 0.463 e. The maximum Gasteiger partial charge on any atom is 0.306 e. The number of rotatable bonds is 4. The lowest BCUT2D eigenvalue weighted by molar-refractivity contribution is -0.140. The van der Waals surface area contributed by atoms with Crippen LogP contribution in [0, 0.1) is 0 Å². The molecule has 0 bridgehead atoms. The molecule has 3 heteroatoms. The molecule has 1 aliphatic rings. The first-order chi connectivity index (χ1) is 8.05. The summed E-state index contributed by atoms with van der Waals surface area (Å²) >= 11 is 0. The van der Waals surface area contributed by atoms with Gasteiger partial charge in [0.2, 0.25) is 0 Å². The summed E-state index contributed by atoms with van der Waals surface area (Å²) in [6.45, 7) is 4.76. The zero-order chi connectivity index (χ0) is 12.3. The number of hydrogen-bond donors (Lipinski definition) is 0. The van der Waals surface area contributed by atoms with E-state index >= 15 is 0 Å². The predicted molar refractivity (Wildman–Crippen MR) is 71.5 cm³/mol. The molecule has 17 heavy (non-hydrogen) atoms. The maximum atomic E-state index is 11.1. The number of benzene rings is 1. The van der Waals surface area contributed by atoms with Crippen molar-refractivity contribution in [2.24, 2.45) is 0 Å². The molecule has 2 nitrogen and oxygen atoms in total. The number of cyclic esters (lactones) is 1. The number of ether oxygens (including phenoxy) is 1. The molecule has 1 saturated heterocycles. The normalized spacial score (nSPS) is 20.4. The highest BCUT2D eigenvalue weighted by molar-refractivity contribution is 6.77. The molecule has 0 aliphatic carbocycles. The van der Waals surface area contributed by atoms with Crippen molar-refractivity contribution in [2.75, 3.05) is 0 Å². The van der Waals surface area contributed by atoms with Crippen molar-refractivity contribution in [3.05, 3.63) is 35.9 Å². The van der Waals surface area contributed by atoms with Crippen molar-refractivity contribution in [1.82, 2.24) is 0 Å². The van der Waals surface area contributed by atoms with Gasteiger partial charge in [0.05, 0.1) is 8.07 Å². The molecule has 2 rings (SSSR count). The molecule has 0 amide bonds. The highest BCUT2D eigenvalue weighted by Gasteiger charge is 2.31. The van der Waals surface area contributed by atoms with E-state index in [1.54, 1.807) is 0 Å². The van der Waals surface area contributed by atoms with Gasteiger partial charge in [-0.25, -0.2) is 0 Å². The van der Waals surface area contributed by atoms with Crippen LogP contribution in [0.1, 0.15) is 18.4 Å². The Morgan fingerprint density at radius 2 is 2.00 bits per heavy atom. The Balaban J connectivity index is 1.92. The Kier molecular flexibility index (Phi) is 3.67. The van der Waals surface area contributed by atoms with Gasteiger partial charge in [-0.3, -0.25) is 4.79 Å². The average molecular weight is 248 g/mol. The first kappa shape index (κ1) is 12.4. The zero-order valence-electron chi connectivity index (χ0n) is 10.6. The molecule has 1 fully saturated rings. The van der Waals surface area contributed by atoms with Gasteiger partial charge in [-0.1, -0.05) is 49.0 Å². The summed E-state index contributed by atoms with van der Waals surface area (Å²) in [5, 5.41) is 0. The molecule has 92 valence electrons. The summed E-state index contributed by atoms with van der Waals surface area (Å²) in [4.78, 5) is 11.1. The smallest absolute Gasteiger partial charge is 0.306 e. The van der Waals surface area contributed by atoms with E-state index in [0.717, 1.165) is 12.5 Å². The highest BCUT2D eigenvalue weighted by atomic mass is 28.3. The molecular weight excluding hydrogens is 228 g/mol. The second-order valence-corrected chi connectivity index (χ2v) is 10.8. The van der Waals surface area contributed by atoms with E-state index in [2.05, 4.69) is 43.4 Å². The lowest BCUT2D eigenvalue weighted by Gasteiger charge is -2.25. The second kappa shape index (κ2) is 5.04. The SMILES string of the molecule is C[Si](C)(Cc1ccccc1)CC1CCC(=O)O1. The summed E-state index contributed by atoms with van der Waals surface area (Å²) in [5.41, 5.74) is 1.41. The predicted octanol–water partition coefficient (Wildman–Crippen LogP) is 3.18. The van der Waals surface area contributed by atoms with Crippen molar-refractivity contribution in [2.45, 2.75) is 44.1 Å². The van der Waals surface area contributed by atoms with E-state index in [4.69, 9.17) is 4.74 Å². The standard InChI is InChI=1S/C14H20O2Si/c1-17(2,10-12-6-4-3-5-7-12)11-13-8-9-14(15)16-13/h3-7,13H,8-11H2,1-2H3. The average Bonchev–Trinajstić information content (AvgIpc) is 2.63. The fourth-order valence-corrected chi connectivity index (χ4v) is 5.57. The van der Waals surface area contributed by atoms with Gasteiger partial charge in [0, 0.05) is 6.42 Å². The Morgan fingerprint density at radius 1 is 1.29 bits per heavy atom. The summed E-state index contributed by atoms with van der Waals surface area (Å²) in [7, 11) is -1.32. The fourth-order valence-electron chi connectivity index (χ4n) is 2.56. The van der Waals surface area contributed by atoms with Crippen LogP contribution in [0.5, 0.6) is 0 Å². The van der Waals surface area contributed by atoms with Crippen molar-refractivity contribution in [3.63, 3.8) is 0 Å². The van der Waals surface area contributed by atoms with Crippen molar-refractivity contribution < 1.29 is 9.53 Å². The van der Waals surface area contributed by atoms with Gasteiger partial charge in [0.1, 0.15) is 6.10 Å². The van der Waals surface area contributed by atoms with Crippen molar-refractivity contribution in [3.8, 4) is 0 Å². The number of carbonyl (C=O) groups excluding carboxylic acids is 1. The molecule has 1 aromatic rings. The van der Waals surface area contributed by atoms with E-state index < -0.39 is 8.07 Å². The number of hydrogen-bond acceptors (Lipinski definition) is 2. The lowest BCUT2D eigenvalue weighted by atomic mass is 10.2. The minimum Gasteiger partial charge on any atom is -0.463 e. The quantitative estimate of drug-likeness (QED) is 0.604. The summed E-state index contributed by atoms with van der Waals surface area (Å²) in [6.07, 6.45) is 1.72. The Morgan fingerprint density at radius 3 is 2.59 bits per heavy atom. The molecule has 0 spiro atoms. The number of esters is 1. The van der Waals surface area contributed by atoms with Crippen LogP contribution in [0.15, 0.2) is 30.3 Å². The molecule has 0 aromatic heterocycles. The molecule has 0 N–H and O–H groups in total.